The van der Waals surface area contributed by atoms with E-state index in [-0.39, 0.29) is 22.8 Å². The second kappa shape index (κ2) is 11.8. The van der Waals surface area contributed by atoms with Crippen LogP contribution in [0.25, 0.3) is 5.76 Å². The Kier molecular flexibility index (Phi) is 8.79. The molecule has 0 aliphatic carbocycles. The second-order valence-corrected chi connectivity index (χ2v) is 8.69. The van der Waals surface area contributed by atoms with Crippen molar-refractivity contribution < 1.29 is 29.3 Å². The Morgan fingerprint density at radius 3 is 2.40 bits per heavy atom. The van der Waals surface area contributed by atoms with Crippen LogP contribution in [0.1, 0.15) is 69.2 Å². The lowest BCUT2D eigenvalue weighted by Crippen LogP contribution is -2.30. The first kappa shape index (κ1) is 26.1. The van der Waals surface area contributed by atoms with E-state index in [4.69, 9.17) is 9.47 Å². The van der Waals surface area contributed by atoms with Gasteiger partial charge in [0.05, 0.1) is 24.8 Å². The summed E-state index contributed by atoms with van der Waals surface area (Å²) >= 11 is 0. The third-order valence-corrected chi connectivity index (χ3v) is 6.05. The number of rotatable bonds is 11. The quantitative estimate of drug-likeness (QED) is 0.190. The molecule has 2 aromatic carbocycles. The lowest BCUT2D eigenvalue weighted by Gasteiger charge is -2.26. The van der Waals surface area contributed by atoms with E-state index in [9.17, 15) is 19.8 Å². The lowest BCUT2D eigenvalue weighted by atomic mass is 9.94. The number of unbranched alkanes of at least 4 members (excludes halogenated alkanes) is 2. The molecule has 0 aromatic heterocycles. The van der Waals surface area contributed by atoms with Crippen LogP contribution in [0.15, 0.2) is 42.0 Å². The van der Waals surface area contributed by atoms with E-state index in [1.807, 2.05) is 13.8 Å². The Hall–Kier alpha value is -3.48. The van der Waals surface area contributed by atoms with Gasteiger partial charge in [-0.15, -0.1) is 0 Å². The van der Waals surface area contributed by atoms with Crippen molar-refractivity contribution in [3.05, 3.63) is 58.7 Å². The monoisotopic (exact) mass is 481 g/mol. The van der Waals surface area contributed by atoms with Crippen molar-refractivity contribution in [2.24, 2.45) is 0 Å². The van der Waals surface area contributed by atoms with Crippen LogP contribution in [-0.2, 0) is 9.59 Å². The van der Waals surface area contributed by atoms with Gasteiger partial charge in [0.1, 0.15) is 11.5 Å². The minimum absolute atomic E-state index is 0.0289. The van der Waals surface area contributed by atoms with Crippen LogP contribution in [0.5, 0.6) is 17.2 Å². The Morgan fingerprint density at radius 1 is 0.971 bits per heavy atom. The first-order chi connectivity index (χ1) is 16.8. The smallest absolute Gasteiger partial charge is 0.295 e. The van der Waals surface area contributed by atoms with Gasteiger partial charge < -0.3 is 24.6 Å². The molecule has 1 fully saturated rings. The fourth-order valence-electron chi connectivity index (χ4n) is 4.29. The minimum Gasteiger partial charge on any atom is -0.507 e. The van der Waals surface area contributed by atoms with Crippen molar-refractivity contribution in [2.75, 3.05) is 19.8 Å². The molecule has 0 bridgehead atoms. The highest BCUT2D eigenvalue weighted by Gasteiger charge is 2.46. The highest BCUT2D eigenvalue weighted by molar-refractivity contribution is 6.46. The van der Waals surface area contributed by atoms with E-state index in [0.717, 1.165) is 31.2 Å². The molecule has 1 saturated heterocycles. The molecule has 2 N–H and O–H groups in total. The van der Waals surface area contributed by atoms with E-state index in [1.54, 1.807) is 37.3 Å². The molecule has 7 heteroatoms. The van der Waals surface area contributed by atoms with E-state index in [1.165, 1.54) is 11.0 Å². The summed E-state index contributed by atoms with van der Waals surface area (Å²) in [4.78, 5) is 27.8. The normalized spacial score (nSPS) is 17.1. The van der Waals surface area contributed by atoms with Crippen molar-refractivity contribution in [3.63, 3.8) is 0 Å². The molecule has 35 heavy (non-hydrogen) atoms. The van der Waals surface area contributed by atoms with Crippen LogP contribution in [0.3, 0.4) is 0 Å². The average molecular weight is 482 g/mol. The van der Waals surface area contributed by atoms with E-state index in [0.29, 0.717) is 36.6 Å². The summed E-state index contributed by atoms with van der Waals surface area (Å²) in [7, 11) is 0. The third-order valence-electron chi connectivity index (χ3n) is 6.05. The third kappa shape index (κ3) is 5.61. The number of ketones is 1. The maximum Gasteiger partial charge on any atom is 0.295 e. The number of aromatic hydroxyl groups is 1. The first-order valence-electron chi connectivity index (χ1n) is 12.3. The zero-order chi connectivity index (χ0) is 25.5. The number of carbonyl (C=O) groups is 2. The summed E-state index contributed by atoms with van der Waals surface area (Å²) in [6, 6.07) is 9.19. The number of likely N-dealkylation sites (tertiary alicyclic amines) is 1. The standard InChI is InChI=1S/C28H35NO6/c1-5-8-9-14-29-25(19-10-12-21(30)23(17-19)34-7-3)24(27(32)28(29)33)26(31)20-11-13-22(18(4)16-20)35-15-6-2/h10-13,16-17,25,30-31H,5-9,14-15H2,1-4H3/b26-24-. The number of benzene rings is 2. The number of carbonyl (C=O) groups excluding carboxylic acids is 2. The number of hydrogen-bond donors (Lipinski definition) is 2. The first-order valence-corrected chi connectivity index (χ1v) is 12.3. The second-order valence-electron chi connectivity index (χ2n) is 8.69. The van der Waals surface area contributed by atoms with Crippen molar-refractivity contribution >= 4 is 17.4 Å². The maximum atomic E-state index is 13.2. The summed E-state index contributed by atoms with van der Waals surface area (Å²) in [6.45, 7) is 9.08. The van der Waals surface area contributed by atoms with Gasteiger partial charge in [0.2, 0.25) is 0 Å². The zero-order valence-electron chi connectivity index (χ0n) is 21.0. The lowest BCUT2D eigenvalue weighted by molar-refractivity contribution is -0.139. The van der Waals surface area contributed by atoms with Gasteiger partial charge in [0, 0.05) is 12.1 Å². The summed E-state index contributed by atoms with van der Waals surface area (Å²) in [5.74, 6) is -0.658. The number of aliphatic hydroxyl groups is 1. The molecule has 0 saturated carbocycles. The number of Topliss-reactive ketones (excluding diaryl/α,β-unsaturated/α-hetero) is 1. The number of phenolic OH excluding ortho intramolecular Hbond substituents is 1. The number of nitrogens with zero attached hydrogens (tertiary/aromatic N) is 1. The molecule has 1 heterocycles. The summed E-state index contributed by atoms with van der Waals surface area (Å²) in [5, 5.41) is 21.5. The molecule has 7 nitrogen and oxygen atoms in total. The van der Waals surface area contributed by atoms with Crippen LogP contribution in [0, 0.1) is 6.92 Å². The maximum absolute atomic E-state index is 13.2. The van der Waals surface area contributed by atoms with Gasteiger partial charge >= 0.3 is 0 Å². The van der Waals surface area contributed by atoms with Gasteiger partial charge in [-0.05, 0) is 68.1 Å². The molecule has 0 radical (unpaired) electrons. The van der Waals surface area contributed by atoms with Crippen molar-refractivity contribution in [1.29, 1.82) is 0 Å². The molecule has 1 aliphatic rings. The number of ether oxygens (including phenoxy) is 2. The van der Waals surface area contributed by atoms with E-state index < -0.39 is 17.7 Å². The molecule has 2 aromatic rings. The number of phenols is 1. The van der Waals surface area contributed by atoms with Gasteiger partial charge in [-0.25, -0.2) is 0 Å². The molecule has 0 spiro atoms. The highest BCUT2D eigenvalue weighted by atomic mass is 16.5. The Labute approximate surface area is 207 Å². The van der Waals surface area contributed by atoms with Gasteiger partial charge in [-0.2, -0.15) is 0 Å². The SMILES string of the molecule is CCCCCN1C(=O)C(=O)/C(=C(\O)c2ccc(OCCC)c(C)c2)C1c1ccc(O)c(OCC)c1. The summed E-state index contributed by atoms with van der Waals surface area (Å²) in [6.07, 6.45) is 3.49. The highest BCUT2D eigenvalue weighted by Crippen LogP contribution is 2.42. The summed E-state index contributed by atoms with van der Waals surface area (Å²) in [5.41, 5.74) is 1.87. The predicted molar refractivity (Wildman–Crippen MR) is 135 cm³/mol. The van der Waals surface area contributed by atoms with Crippen LogP contribution < -0.4 is 9.47 Å². The Bertz CT molecular complexity index is 1110. The van der Waals surface area contributed by atoms with Crippen LogP contribution in [0.4, 0.5) is 0 Å². The molecule has 3 rings (SSSR count). The fraction of sp³-hybridized carbons (Fsp3) is 0.429. The predicted octanol–water partition coefficient (Wildman–Crippen LogP) is 5.50. The molecular formula is C28H35NO6. The van der Waals surface area contributed by atoms with Gasteiger partial charge in [0.15, 0.2) is 11.5 Å². The van der Waals surface area contributed by atoms with E-state index in [2.05, 4.69) is 6.92 Å². The minimum atomic E-state index is -0.789. The zero-order valence-corrected chi connectivity index (χ0v) is 21.0. The molecule has 1 atom stereocenters. The van der Waals surface area contributed by atoms with Crippen molar-refractivity contribution in [2.45, 2.75) is 59.4 Å². The number of aliphatic hydroxyl groups excluding tert-OH is 1. The van der Waals surface area contributed by atoms with Crippen LogP contribution in [0.2, 0.25) is 0 Å². The van der Waals surface area contributed by atoms with Crippen molar-refractivity contribution in [3.8, 4) is 17.2 Å². The van der Waals surface area contributed by atoms with E-state index >= 15 is 0 Å². The largest absolute Gasteiger partial charge is 0.507 e. The molecule has 1 unspecified atom stereocenters. The average Bonchev–Trinajstić information content (AvgIpc) is 3.09. The molecular weight excluding hydrogens is 446 g/mol. The van der Waals surface area contributed by atoms with Crippen molar-refractivity contribution in [1.82, 2.24) is 4.90 Å². The summed E-state index contributed by atoms with van der Waals surface area (Å²) < 4.78 is 11.3. The van der Waals surface area contributed by atoms with Crippen LogP contribution in [-0.4, -0.2) is 46.6 Å². The molecule has 1 amide bonds. The van der Waals surface area contributed by atoms with Gasteiger partial charge in [0.25, 0.3) is 11.7 Å². The Balaban J connectivity index is 2.12. The molecule has 1 aliphatic heterocycles. The molecule has 188 valence electrons. The number of aryl methyl sites for hydroxylation is 1. The van der Waals surface area contributed by atoms with Gasteiger partial charge in [-0.1, -0.05) is 32.8 Å². The number of amides is 1. The topological polar surface area (TPSA) is 96.3 Å². The fourth-order valence-corrected chi connectivity index (χ4v) is 4.29. The Morgan fingerprint density at radius 2 is 1.74 bits per heavy atom. The number of hydrogen-bond acceptors (Lipinski definition) is 6. The van der Waals surface area contributed by atoms with Gasteiger partial charge in [-0.3, -0.25) is 9.59 Å². The van der Waals surface area contributed by atoms with Crippen LogP contribution >= 0.6 is 0 Å².